The van der Waals surface area contributed by atoms with Crippen LogP contribution in [0.25, 0.3) is 5.69 Å². The summed E-state index contributed by atoms with van der Waals surface area (Å²) in [6.45, 7) is 8.29. The van der Waals surface area contributed by atoms with Crippen LogP contribution in [-0.4, -0.2) is 39.7 Å². The Morgan fingerprint density at radius 3 is 2.28 bits per heavy atom. The van der Waals surface area contributed by atoms with Crippen molar-refractivity contribution in [2.45, 2.75) is 33.1 Å². The number of hydrogen-bond acceptors (Lipinski definition) is 3. The number of benzene rings is 2. The van der Waals surface area contributed by atoms with Gasteiger partial charge in [-0.25, -0.2) is 9.48 Å². The van der Waals surface area contributed by atoms with E-state index in [1.165, 1.54) is 4.90 Å². The molecule has 1 heterocycles. The zero-order valence-corrected chi connectivity index (χ0v) is 19.5. The molecule has 0 radical (unpaired) electrons. The van der Waals surface area contributed by atoms with Crippen LogP contribution in [-0.2, 0) is 10.2 Å². The van der Waals surface area contributed by atoms with Crippen LogP contribution in [0, 0.1) is 0 Å². The van der Waals surface area contributed by atoms with Crippen molar-refractivity contribution in [1.29, 1.82) is 0 Å². The highest BCUT2D eigenvalue weighted by molar-refractivity contribution is 6.30. The van der Waals surface area contributed by atoms with Crippen LogP contribution in [0.5, 0.6) is 0 Å². The van der Waals surface area contributed by atoms with Gasteiger partial charge in [-0.2, -0.15) is 5.10 Å². The number of rotatable bonds is 6. The summed E-state index contributed by atoms with van der Waals surface area (Å²) in [5.41, 5.74) is 2.11. The SMILES string of the molecule is CCN(CC(=O)Nc1cc(C(C)(C)C)nn1-c1ccccc1)C(=O)Nc1ccc(Cl)cc1. The van der Waals surface area contributed by atoms with Crippen molar-refractivity contribution in [3.05, 3.63) is 71.4 Å². The summed E-state index contributed by atoms with van der Waals surface area (Å²) >= 11 is 5.89. The number of nitrogens with zero attached hydrogens (tertiary/aromatic N) is 3. The number of amides is 3. The molecule has 8 heteroatoms. The Hall–Kier alpha value is -3.32. The lowest BCUT2D eigenvalue weighted by Gasteiger charge is -2.21. The minimum Gasteiger partial charge on any atom is -0.315 e. The number of nitrogens with one attached hydrogen (secondary N) is 2. The first kappa shape index (κ1) is 23.3. The van der Waals surface area contributed by atoms with Gasteiger partial charge in [-0.05, 0) is 43.3 Å². The Morgan fingerprint density at radius 1 is 1.03 bits per heavy atom. The van der Waals surface area contributed by atoms with Crippen molar-refractivity contribution in [2.24, 2.45) is 0 Å². The van der Waals surface area contributed by atoms with Crippen LogP contribution in [0.2, 0.25) is 5.02 Å². The Bertz CT molecular complexity index is 1070. The fraction of sp³-hybridized carbons (Fsp3) is 0.292. The lowest BCUT2D eigenvalue weighted by atomic mass is 9.92. The summed E-state index contributed by atoms with van der Waals surface area (Å²) in [6.07, 6.45) is 0. The number of likely N-dealkylation sites (N-methyl/N-ethyl adjacent to an activating group) is 1. The molecule has 0 fully saturated rings. The van der Waals surface area contributed by atoms with Gasteiger partial charge in [0.1, 0.15) is 12.4 Å². The normalized spacial score (nSPS) is 11.2. The molecule has 1 aromatic heterocycles. The fourth-order valence-corrected chi connectivity index (χ4v) is 3.15. The molecule has 32 heavy (non-hydrogen) atoms. The molecule has 0 saturated carbocycles. The second-order valence-corrected chi connectivity index (χ2v) is 8.85. The molecule has 0 atom stereocenters. The smallest absolute Gasteiger partial charge is 0.315 e. The maximum Gasteiger partial charge on any atom is 0.322 e. The minimum atomic E-state index is -0.364. The Kier molecular flexibility index (Phi) is 7.20. The van der Waals surface area contributed by atoms with E-state index in [4.69, 9.17) is 16.7 Å². The molecule has 0 saturated heterocycles. The summed E-state index contributed by atoms with van der Waals surface area (Å²) in [4.78, 5) is 26.9. The van der Waals surface area contributed by atoms with Gasteiger partial charge < -0.3 is 15.5 Å². The predicted octanol–water partition coefficient (Wildman–Crippen LogP) is 5.32. The first-order valence-corrected chi connectivity index (χ1v) is 10.8. The van der Waals surface area contributed by atoms with E-state index in [1.54, 1.807) is 28.9 Å². The summed E-state index contributed by atoms with van der Waals surface area (Å²) in [5.74, 6) is 0.246. The number of carbonyl (C=O) groups is 2. The number of anilines is 2. The number of halogens is 1. The molecule has 2 aromatic carbocycles. The molecule has 168 valence electrons. The van der Waals surface area contributed by atoms with Crippen LogP contribution < -0.4 is 10.6 Å². The molecular formula is C24H28ClN5O2. The van der Waals surface area contributed by atoms with E-state index in [2.05, 4.69) is 31.4 Å². The van der Waals surface area contributed by atoms with E-state index in [0.29, 0.717) is 23.1 Å². The monoisotopic (exact) mass is 453 g/mol. The highest BCUT2D eigenvalue weighted by Crippen LogP contribution is 2.26. The molecule has 0 unspecified atom stereocenters. The van der Waals surface area contributed by atoms with Gasteiger partial charge >= 0.3 is 6.03 Å². The van der Waals surface area contributed by atoms with Gasteiger partial charge in [-0.3, -0.25) is 4.79 Å². The van der Waals surface area contributed by atoms with Gasteiger partial charge in [0.2, 0.25) is 5.91 Å². The van der Waals surface area contributed by atoms with E-state index in [0.717, 1.165) is 11.4 Å². The number of urea groups is 1. The molecule has 0 aliphatic heterocycles. The van der Waals surface area contributed by atoms with E-state index in [9.17, 15) is 9.59 Å². The zero-order chi connectivity index (χ0) is 23.3. The Labute approximate surface area is 193 Å². The van der Waals surface area contributed by atoms with E-state index < -0.39 is 0 Å². The maximum absolute atomic E-state index is 12.8. The molecule has 7 nitrogen and oxygen atoms in total. The molecule has 2 N–H and O–H groups in total. The second-order valence-electron chi connectivity index (χ2n) is 8.41. The van der Waals surface area contributed by atoms with Crippen molar-refractivity contribution < 1.29 is 9.59 Å². The average Bonchev–Trinajstić information content (AvgIpc) is 3.18. The highest BCUT2D eigenvalue weighted by atomic mass is 35.5. The Balaban J connectivity index is 1.74. The maximum atomic E-state index is 12.8. The van der Waals surface area contributed by atoms with Gasteiger partial charge in [0.05, 0.1) is 11.4 Å². The average molecular weight is 454 g/mol. The third-order valence-electron chi connectivity index (χ3n) is 4.84. The van der Waals surface area contributed by atoms with Gasteiger partial charge in [0.15, 0.2) is 0 Å². The van der Waals surface area contributed by atoms with Crippen molar-refractivity contribution in [3.8, 4) is 5.69 Å². The summed E-state index contributed by atoms with van der Waals surface area (Å²) in [7, 11) is 0. The first-order valence-electron chi connectivity index (χ1n) is 10.4. The largest absolute Gasteiger partial charge is 0.322 e. The highest BCUT2D eigenvalue weighted by Gasteiger charge is 2.22. The molecule has 0 aliphatic carbocycles. The molecular weight excluding hydrogens is 426 g/mol. The molecule has 0 spiro atoms. The third kappa shape index (κ3) is 5.88. The van der Waals surface area contributed by atoms with Crippen LogP contribution in [0.4, 0.5) is 16.3 Å². The lowest BCUT2D eigenvalue weighted by Crippen LogP contribution is -2.40. The zero-order valence-electron chi connectivity index (χ0n) is 18.7. The van der Waals surface area contributed by atoms with Gasteiger partial charge in [-0.15, -0.1) is 0 Å². The van der Waals surface area contributed by atoms with Crippen molar-refractivity contribution in [1.82, 2.24) is 14.7 Å². The molecule has 0 bridgehead atoms. The molecule has 0 aliphatic rings. The van der Waals surface area contributed by atoms with E-state index in [-0.39, 0.29) is 23.9 Å². The summed E-state index contributed by atoms with van der Waals surface area (Å²) in [5, 5.41) is 11.0. The Morgan fingerprint density at radius 2 is 1.69 bits per heavy atom. The van der Waals surface area contributed by atoms with Gasteiger partial charge in [0.25, 0.3) is 0 Å². The quantitative estimate of drug-likeness (QED) is 0.530. The molecule has 3 rings (SSSR count). The summed E-state index contributed by atoms with van der Waals surface area (Å²) in [6, 6.07) is 17.9. The minimum absolute atomic E-state index is 0.0965. The number of carbonyl (C=O) groups excluding carboxylic acids is 2. The van der Waals surface area contributed by atoms with Crippen LogP contribution >= 0.6 is 11.6 Å². The molecule has 3 amide bonds. The van der Waals surface area contributed by atoms with E-state index in [1.807, 2.05) is 43.3 Å². The first-order chi connectivity index (χ1) is 15.2. The second kappa shape index (κ2) is 9.87. The topological polar surface area (TPSA) is 79.3 Å². The van der Waals surface area contributed by atoms with Crippen molar-refractivity contribution >= 4 is 35.0 Å². The standard InChI is InChI=1S/C24H28ClN5O2/c1-5-29(23(32)26-18-13-11-17(25)12-14-18)16-22(31)27-21-15-20(24(2,3)4)28-30(21)19-9-7-6-8-10-19/h6-15H,5,16H2,1-4H3,(H,26,32)(H,27,31). The van der Waals surface area contributed by atoms with Crippen LogP contribution in [0.1, 0.15) is 33.4 Å². The fourth-order valence-electron chi connectivity index (χ4n) is 3.02. The summed E-state index contributed by atoms with van der Waals surface area (Å²) < 4.78 is 1.71. The lowest BCUT2D eigenvalue weighted by molar-refractivity contribution is -0.116. The number of hydrogen-bond donors (Lipinski definition) is 2. The van der Waals surface area contributed by atoms with Crippen molar-refractivity contribution in [3.63, 3.8) is 0 Å². The van der Waals surface area contributed by atoms with Gasteiger partial charge in [-0.1, -0.05) is 50.6 Å². The molecule has 3 aromatic rings. The predicted molar refractivity (Wildman–Crippen MR) is 129 cm³/mol. The third-order valence-corrected chi connectivity index (χ3v) is 5.10. The van der Waals surface area contributed by atoms with Crippen molar-refractivity contribution in [2.75, 3.05) is 23.7 Å². The number of para-hydroxylation sites is 1. The van der Waals surface area contributed by atoms with Crippen LogP contribution in [0.3, 0.4) is 0 Å². The van der Waals surface area contributed by atoms with Crippen LogP contribution in [0.15, 0.2) is 60.7 Å². The number of aromatic nitrogens is 2. The van der Waals surface area contributed by atoms with Gasteiger partial charge in [0, 0.05) is 28.7 Å². The van der Waals surface area contributed by atoms with E-state index >= 15 is 0 Å².